The molecule has 1 aromatic carbocycles. The molecule has 18 heavy (non-hydrogen) atoms. The van der Waals surface area contributed by atoms with E-state index in [1.54, 1.807) is 16.8 Å². The van der Waals surface area contributed by atoms with Gasteiger partial charge in [-0.1, -0.05) is 29.8 Å². The van der Waals surface area contributed by atoms with Crippen LogP contribution in [0.4, 0.5) is 0 Å². The number of rotatable bonds is 3. The van der Waals surface area contributed by atoms with Crippen molar-refractivity contribution in [3.05, 3.63) is 51.8 Å². The van der Waals surface area contributed by atoms with E-state index in [1.807, 2.05) is 19.9 Å². The van der Waals surface area contributed by atoms with Crippen molar-refractivity contribution in [1.29, 1.82) is 0 Å². The third-order valence-electron chi connectivity index (χ3n) is 2.79. The van der Waals surface area contributed by atoms with E-state index in [4.69, 9.17) is 11.6 Å². The van der Waals surface area contributed by atoms with Gasteiger partial charge in [-0.05, 0) is 31.0 Å². The smallest absolute Gasteiger partial charge is 0.0844 e. The Balaban J connectivity index is 2.31. The van der Waals surface area contributed by atoms with Gasteiger partial charge in [-0.15, -0.1) is 0 Å². The lowest BCUT2D eigenvalue weighted by Crippen LogP contribution is -2.22. The van der Waals surface area contributed by atoms with E-state index in [-0.39, 0.29) is 5.56 Å². The second-order valence-electron chi connectivity index (χ2n) is 4.13. The number of nitrogens with zero attached hydrogens (tertiary/aromatic N) is 2. The van der Waals surface area contributed by atoms with Crippen molar-refractivity contribution in [3.63, 3.8) is 0 Å². The number of carboxylic acids is 1. The van der Waals surface area contributed by atoms with Crippen LogP contribution in [0.5, 0.6) is 0 Å². The Labute approximate surface area is 110 Å². The molecule has 2 rings (SSSR count). The molecule has 94 valence electrons. The lowest BCUT2D eigenvalue weighted by Gasteiger charge is -2.07. The van der Waals surface area contributed by atoms with Crippen molar-refractivity contribution >= 4 is 17.6 Å². The molecule has 0 bridgehead atoms. The molecule has 0 aliphatic heterocycles. The topological polar surface area (TPSA) is 58.0 Å². The monoisotopic (exact) mass is 263 g/mol. The van der Waals surface area contributed by atoms with Gasteiger partial charge in [-0.2, -0.15) is 5.10 Å². The van der Waals surface area contributed by atoms with Gasteiger partial charge in [0.1, 0.15) is 0 Å². The van der Waals surface area contributed by atoms with Gasteiger partial charge in [0, 0.05) is 0 Å². The van der Waals surface area contributed by atoms with Gasteiger partial charge >= 0.3 is 0 Å². The summed E-state index contributed by atoms with van der Waals surface area (Å²) in [7, 11) is 0. The van der Waals surface area contributed by atoms with Crippen LogP contribution in [-0.2, 0) is 6.54 Å². The summed E-state index contributed by atoms with van der Waals surface area (Å²) in [5.74, 6) is -1.18. The maximum atomic E-state index is 10.8. The van der Waals surface area contributed by atoms with Gasteiger partial charge in [-0.25, -0.2) is 0 Å². The first-order valence-electron chi connectivity index (χ1n) is 5.49. The second kappa shape index (κ2) is 4.82. The number of halogens is 1. The molecule has 5 heteroatoms. The zero-order chi connectivity index (χ0) is 13.3. The molecular weight excluding hydrogens is 252 g/mol. The maximum Gasteiger partial charge on any atom is 0.0844 e. The number of aryl methyl sites for hydroxylation is 1. The van der Waals surface area contributed by atoms with Crippen molar-refractivity contribution in [2.45, 2.75) is 20.4 Å². The highest BCUT2D eigenvalue weighted by Gasteiger charge is 2.09. The number of carbonyl (C=O) groups is 1. The average molecular weight is 264 g/mol. The zero-order valence-electron chi connectivity index (χ0n) is 10.1. The predicted octanol–water partition coefficient (Wildman–Crippen LogP) is 1.57. The highest BCUT2D eigenvalue weighted by molar-refractivity contribution is 6.31. The summed E-state index contributed by atoms with van der Waals surface area (Å²) >= 11 is 6.06. The molecule has 4 nitrogen and oxygen atoms in total. The number of aromatic nitrogens is 2. The predicted molar refractivity (Wildman–Crippen MR) is 66.6 cm³/mol. The molecule has 1 heterocycles. The summed E-state index contributed by atoms with van der Waals surface area (Å²) in [5.41, 5.74) is 2.65. The first-order valence-corrected chi connectivity index (χ1v) is 5.86. The number of hydrogen-bond donors (Lipinski definition) is 0. The van der Waals surface area contributed by atoms with Crippen LogP contribution >= 0.6 is 11.6 Å². The minimum Gasteiger partial charge on any atom is -0.545 e. The number of benzene rings is 1. The highest BCUT2D eigenvalue weighted by atomic mass is 35.5. The van der Waals surface area contributed by atoms with Crippen LogP contribution in [0.1, 0.15) is 27.3 Å². The van der Waals surface area contributed by atoms with E-state index in [9.17, 15) is 9.90 Å². The van der Waals surface area contributed by atoms with Crippen LogP contribution in [0, 0.1) is 13.8 Å². The lowest BCUT2D eigenvalue weighted by atomic mass is 10.1. The molecule has 0 N–H and O–H groups in total. The van der Waals surface area contributed by atoms with Crippen molar-refractivity contribution in [1.82, 2.24) is 9.78 Å². The van der Waals surface area contributed by atoms with Crippen molar-refractivity contribution in [2.75, 3.05) is 0 Å². The fraction of sp³-hybridized carbons (Fsp3) is 0.231. The molecule has 0 fully saturated rings. The Morgan fingerprint density at radius 2 is 2.17 bits per heavy atom. The summed E-state index contributed by atoms with van der Waals surface area (Å²) in [4.78, 5) is 10.8. The summed E-state index contributed by atoms with van der Waals surface area (Å²) in [6, 6.07) is 6.62. The molecule has 0 aliphatic carbocycles. The van der Waals surface area contributed by atoms with E-state index in [0.29, 0.717) is 11.6 Å². The minimum absolute atomic E-state index is 0.167. The van der Waals surface area contributed by atoms with Gasteiger partial charge in [-0.3, -0.25) is 4.68 Å². The Morgan fingerprint density at radius 1 is 1.44 bits per heavy atom. The zero-order valence-corrected chi connectivity index (χ0v) is 10.9. The molecule has 0 spiro atoms. The third-order valence-corrected chi connectivity index (χ3v) is 3.34. The SMILES string of the molecule is Cc1nn(Cc2cccc(C(=O)[O-])c2)c(C)c1Cl. The maximum absolute atomic E-state index is 10.8. The molecule has 0 amide bonds. The normalized spacial score (nSPS) is 10.6. The summed E-state index contributed by atoms with van der Waals surface area (Å²) < 4.78 is 1.76. The van der Waals surface area contributed by atoms with Gasteiger partial charge in [0.15, 0.2) is 0 Å². The first kappa shape index (κ1) is 12.6. The Morgan fingerprint density at radius 3 is 2.72 bits per heavy atom. The molecular formula is C13H12ClN2O2-. The number of aromatic carboxylic acids is 1. The van der Waals surface area contributed by atoms with Crippen LogP contribution in [-0.4, -0.2) is 15.7 Å². The van der Waals surface area contributed by atoms with Crippen LogP contribution in [0.2, 0.25) is 5.02 Å². The second-order valence-corrected chi connectivity index (χ2v) is 4.51. The summed E-state index contributed by atoms with van der Waals surface area (Å²) in [6.07, 6.45) is 0. The van der Waals surface area contributed by atoms with E-state index >= 15 is 0 Å². The summed E-state index contributed by atoms with van der Waals surface area (Å²) in [5, 5.41) is 15.7. The standard InChI is InChI=1S/C13H13ClN2O2/c1-8-12(14)9(2)16(15-8)7-10-4-3-5-11(6-10)13(17)18/h3-6H,7H2,1-2H3,(H,17,18)/p-1. The molecule has 2 aromatic rings. The Hall–Kier alpha value is -1.81. The largest absolute Gasteiger partial charge is 0.545 e. The highest BCUT2D eigenvalue weighted by Crippen LogP contribution is 2.20. The number of hydrogen-bond acceptors (Lipinski definition) is 3. The fourth-order valence-electron chi connectivity index (χ4n) is 1.80. The molecule has 1 aromatic heterocycles. The molecule has 0 radical (unpaired) electrons. The van der Waals surface area contributed by atoms with Crippen LogP contribution < -0.4 is 5.11 Å². The Bertz CT molecular complexity index is 605. The molecule has 0 unspecified atom stereocenters. The van der Waals surface area contributed by atoms with Crippen LogP contribution in [0.25, 0.3) is 0 Å². The van der Waals surface area contributed by atoms with Gasteiger partial charge in [0.2, 0.25) is 0 Å². The average Bonchev–Trinajstić information content (AvgIpc) is 2.57. The third kappa shape index (κ3) is 2.38. The van der Waals surface area contributed by atoms with Crippen molar-refractivity contribution in [2.24, 2.45) is 0 Å². The fourth-order valence-corrected chi connectivity index (χ4v) is 1.93. The van der Waals surface area contributed by atoms with Crippen molar-refractivity contribution in [3.8, 4) is 0 Å². The van der Waals surface area contributed by atoms with Crippen LogP contribution in [0.15, 0.2) is 24.3 Å². The first-order chi connectivity index (χ1) is 8.49. The quantitative estimate of drug-likeness (QED) is 0.845. The Kier molecular flexibility index (Phi) is 3.39. The number of carboxylic acid groups (broad SMARTS) is 1. The van der Waals surface area contributed by atoms with Gasteiger partial charge < -0.3 is 9.90 Å². The molecule has 0 saturated carbocycles. The van der Waals surface area contributed by atoms with Gasteiger partial charge in [0.25, 0.3) is 0 Å². The van der Waals surface area contributed by atoms with E-state index in [0.717, 1.165) is 17.0 Å². The lowest BCUT2D eigenvalue weighted by molar-refractivity contribution is -0.255. The van der Waals surface area contributed by atoms with E-state index in [1.165, 1.54) is 6.07 Å². The van der Waals surface area contributed by atoms with Crippen molar-refractivity contribution < 1.29 is 9.90 Å². The molecule has 0 saturated heterocycles. The number of carbonyl (C=O) groups excluding carboxylic acids is 1. The van der Waals surface area contributed by atoms with E-state index < -0.39 is 5.97 Å². The van der Waals surface area contributed by atoms with E-state index in [2.05, 4.69) is 5.10 Å². The van der Waals surface area contributed by atoms with Crippen LogP contribution in [0.3, 0.4) is 0 Å². The molecule has 0 atom stereocenters. The van der Waals surface area contributed by atoms with Gasteiger partial charge in [0.05, 0.1) is 28.9 Å². The summed E-state index contributed by atoms with van der Waals surface area (Å²) in [6.45, 7) is 4.20. The minimum atomic E-state index is -1.18. The molecule has 0 aliphatic rings.